The van der Waals surface area contributed by atoms with Crippen molar-refractivity contribution in [1.29, 1.82) is 0 Å². The molecule has 13 heavy (non-hydrogen) atoms. The lowest BCUT2D eigenvalue weighted by Crippen LogP contribution is -2.25. The second kappa shape index (κ2) is 5.17. The summed E-state index contributed by atoms with van der Waals surface area (Å²) in [5, 5.41) is 6.47. The molecule has 1 aromatic rings. The van der Waals surface area contributed by atoms with Gasteiger partial charge in [0, 0.05) is 23.8 Å². The van der Waals surface area contributed by atoms with Gasteiger partial charge in [0.05, 0.1) is 0 Å². The minimum Gasteiger partial charge on any atom is -0.308 e. The monoisotopic (exact) mass is 202 g/mol. The summed E-state index contributed by atoms with van der Waals surface area (Å²) in [5.74, 6) is -0.229. The fraction of sp³-hybridized carbons (Fsp3) is 0.333. The molecule has 0 radical (unpaired) electrons. The molecule has 0 fully saturated rings. The zero-order valence-corrected chi connectivity index (χ0v) is 8.16. The zero-order valence-electron chi connectivity index (χ0n) is 7.40. The van der Waals surface area contributed by atoms with E-state index in [0.717, 1.165) is 0 Å². The Balaban J connectivity index is 2.59. The van der Waals surface area contributed by atoms with Gasteiger partial charge in [-0.15, -0.1) is 0 Å². The van der Waals surface area contributed by atoms with Gasteiger partial charge in [0.25, 0.3) is 0 Å². The molecule has 0 amide bonds. The highest BCUT2D eigenvalue weighted by Crippen LogP contribution is 2.14. The summed E-state index contributed by atoms with van der Waals surface area (Å²) < 4.78 is 13.1. The molecule has 72 valence electrons. The first-order chi connectivity index (χ1) is 6.24. The summed E-state index contributed by atoms with van der Waals surface area (Å²) in [6, 6.07) is 4.54. The van der Waals surface area contributed by atoms with Crippen molar-refractivity contribution in [2.75, 3.05) is 13.7 Å². The fourth-order valence-corrected chi connectivity index (χ4v) is 1.20. The van der Waals surface area contributed by atoms with E-state index in [1.807, 2.05) is 7.05 Å². The van der Waals surface area contributed by atoms with Crippen molar-refractivity contribution in [3.63, 3.8) is 0 Å². The van der Waals surface area contributed by atoms with Crippen molar-refractivity contribution in [2.24, 2.45) is 0 Å². The van der Waals surface area contributed by atoms with Gasteiger partial charge in [-0.1, -0.05) is 11.6 Å². The van der Waals surface area contributed by atoms with Gasteiger partial charge in [0.2, 0.25) is 0 Å². The quantitative estimate of drug-likeness (QED) is 0.574. The molecular formula is C9H12ClFN2. The minimum absolute atomic E-state index is 0.229. The zero-order chi connectivity index (χ0) is 9.68. The lowest BCUT2D eigenvalue weighted by molar-refractivity contribution is 0.575. The highest BCUT2D eigenvalue weighted by atomic mass is 35.5. The first-order valence-corrected chi connectivity index (χ1v) is 4.41. The van der Waals surface area contributed by atoms with Gasteiger partial charge in [-0.25, -0.2) is 4.39 Å². The van der Waals surface area contributed by atoms with Crippen LogP contribution < -0.4 is 10.6 Å². The van der Waals surface area contributed by atoms with E-state index in [2.05, 4.69) is 10.6 Å². The average molecular weight is 203 g/mol. The second-order valence-electron chi connectivity index (χ2n) is 2.69. The van der Waals surface area contributed by atoms with Gasteiger partial charge in [-0.05, 0) is 25.2 Å². The Morgan fingerprint density at radius 1 is 1.46 bits per heavy atom. The molecule has 0 aliphatic heterocycles. The average Bonchev–Trinajstić information content (AvgIpc) is 2.11. The number of halogens is 2. The van der Waals surface area contributed by atoms with Crippen LogP contribution in [0.2, 0.25) is 5.02 Å². The SMILES string of the molecule is CNCNCc1cc(Cl)ccc1F. The summed E-state index contributed by atoms with van der Waals surface area (Å²) in [6.07, 6.45) is 0. The fourth-order valence-electron chi connectivity index (χ4n) is 1.00. The molecule has 0 aliphatic rings. The van der Waals surface area contributed by atoms with Crippen molar-refractivity contribution in [3.05, 3.63) is 34.6 Å². The molecule has 0 heterocycles. The van der Waals surface area contributed by atoms with E-state index in [0.29, 0.717) is 23.8 Å². The lowest BCUT2D eigenvalue weighted by atomic mass is 10.2. The molecule has 0 spiro atoms. The van der Waals surface area contributed by atoms with Crippen LogP contribution in [0.1, 0.15) is 5.56 Å². The smallest absolute Gasteiger partial charge is 0.127 e. The van der Waals surface area contributed by atoms with Gasteiger partial charge >= 0.3 is 0 Å². The molecule has 2 nitrogen and oxygen atoms in total. The van der Waals surface area contributed by atoms with Gasteiger partial charge < -0.3 is 10.6 Å². The van der Waals surface area contributed by atoms with Crippen LogP contribution in [0.15, 0.2) is 18.2 Å². The van der Waals surface area contributed by atoms with Crippen molar-refractivity contribution >= 4 is 11.6 Å². The predicted molar refractivity (Wildman–Crippen MR) is 52.2 cm³/mol. The number of benzene rings is 1. The molecule has 4 heteroatoms. The largest absolute Gasteiger partial charge is 0.308 e. The lowest BCUT2D eigenvalue weighted by Gasteiger charge is -2.05. The Morgan fingerprint density at radius 3 is 2.92 bits per heavy atom. The Morgan fingerprint density at radius 2 is 2.23 bits per heavy atom. The minimum atomic E-state index is -0.229. The third-order valence-electron chi connectivity index (χ3n) is 1.62. The Kier molecular flexibility index (Phi) is 4.15. The maximum atomic E-state index is 13.1. The number of hydrogen-bond donors (Lipinski definition) is 2. The molecular weight excluding hydrogens is 191 g/mol. The van der Waals surface area contributed by atoms with Crippen LogP contribution in [0.4, 0.5) is 4.39 Å². The van der Waals surface area contributed by atoms with Crippen molar-refractivity contribution in [3.8, 4) is 0 Å². The Labute approximate surface area is 82.1 Å². The van der Waals surface area contributed by atoms with E-state index in [-0.39, 0.29) is 5.82 Å². The van der Waals surface area contributed by atoms with E-state index >= 15 is 0 Å². The highest BCUT2D eigenvalue weighted by Gasteiger charge is 2.01. The highest BCUT2D eigenvalue weighted by molar-refractivity contribution is 6.30. The first kappa shape index (κ1) is 10.4. The standard InChI is InChI=1S/C9H12ClFN2/c1-12-6-13-5-7-4-8(10)2-3-9(7)11/h2-4,12-13H,5-6H2,1H3. The van der Waals surface area contributed by atoms with Crippen LogP contribution in [0.25, 0.3) is 0 Å². The van der Waals surface area contributed by atoms with Gasteiger partial charge in [0.1, 0.15) is 5.82 Å². The number of nitrogens with one attached hydrogen (secondary N) is 2. The van der Waals surface area contributed by atoms with E-state index < -0.39 is 0 Å². The van der Waals surface area contributed by atoms with Crippen molar-refractivity contribution < 1.29 is 4.39 Å². The van der Waals surface area contributed by atoms with E-state index in [1.54, 1.807) is 12.1 Å². The molecule has 0 unspecified atom stereocenters. The van der Waals surface area contributed by atoms with Crippen LogP contribution >= 0.6 is 11.6 Å². The molecule has 2 N–H and O–H groups in total. The molecule has 0 aromatic heterocycles. The van der Waals surface area contributed by atoms with Gasteiger partial charge in [-0.3, -0.25) is 0 Å². The van der Waals surface area contributed by atoms with Crippen molar-refractivity contribution in [2.45, 2.75) is 6.54 Å². The predicted octanol–water partition coefficient (Wildman–Crippen LogP) is 1.75. The second-order valence-corrected chi connectivity index (χ2v) is 3.13. The van der Waals surface area contributed by atoms with Crippen LogP contribution in [-0.4, -0.2) is 13.7 Å². The van der Waals surface area contributed by atoms with Crippen LogP contribution in [-0.2, 0) is 6.54 Å². The van der Waals surface area contributed by atoms with E-state index in [9.17, 15) is 4.39 Å². The summed E-state index contributed by atoms with van der Waals surface area (Å²) in [7, 11) is 1.82. The van der Waals surface area contributed by atoms with E-state index in [1.165, 1.54) is 6.07 Å². The van der Waals surface area contributed by atoms with E-state index in [4.69, 9.17) is 11.6 Å². The normalized spacial score (nSPS) is 10.4. The third-order valence-corrected chi connectivity index (χ3v) is 1.86. The Hall–Kier alpha value is -0.640. The molecule has 0 saturated carbocycles. The number of hydrogen-bond acceptors (Lipinski definition) is 2. The van der Waals surface area contributed by atoms with Crippen LogP contribution in [0.5, 0.6) is 0 Å². The Bertz CT molecular complexity index is 278. The molecule has 1 rings (SSSR count). The van der Waals surface area contributed by atoms with Gasteiger partial charge in [0.15, 0.2) is 0 Å². The maximum absolute atomic E-state index is 13.1. The van der Waals surface area contributed by atoms with Crippen LogP contribution in [0, 0.1) is 5.82 Å². The third kappa shape index (κ3) is 3.30. The molecule has 0 atom stereocenters. The summed E-state index contributed by atoms with van der Waals surface area (Å²) in [5.41, 5.74) is 0.586. The summed E-state index contributed by atoms with van der Waals surface area (Å²) >= 11 is 5.72. The topological polar surface area (TPSA) is 24.1 Å². The summed E-state index contributed by atoms with van der Waals surface area (Å²) in [4.78, 5) is 0. The molecule has 0 bridgehead atoms. The van der Waals surface area contributed by atoms with Crippen molar-refractivity contribution in [1.82, 2.24) is 10.6 Å². The first-order valence-electron chi connectivity index (χ1n) is 4.03. The number of rotatable bonds is 4. The molecule has 0 saturated heterocycles. The molecule has 0 aliphatic carbocycles. The molecule has 1 aromatic carbocycles. The van der Waals surface area contributed by atoms with Gasteiger partial charge in [-0.2, -0.15) is 0 Å². The maximum Gasteiger partial charge on any atom is 0.127 e. The van der Waals surface area contributed by atoms with Crippen LogP contribution in [0.3, 0.4) is 0 Å². The summed E-state index contributed by atoms with van der Waals surface area (Å²) in [6.45, 7) is 1.12.